The molecule has 0 amide bonds. The van der Waals surface area contributed by atoms with E-state index in [9.17, 15) is 4.57 Å². The fourth-order valence-corrected chi connectivity index (χ4v) is 5.07. The Labute approximate surface area is 192 Å². The Bertz CT molecular complexity index is 1370. The Morgan fingerprint density at radius 2 is 1.39 bits per heavy atom. The van der Waals surface area contributed by atoms with E-state index in [0.29, 0.717) is 23.3 Å². The summed E-state index contributed by atoms with van der Waals surface area (Å²) in [7, 11) is -3.68. The van der Waals surface area contributed by atoms with Crippen LogP contribution < -0.4 is 14.4 Å². The van der Waals surface area contributed by atoms with Crippen LogP contribution in [-0.2, 0) is 11.1 Å². The van der Waals surface area contributed by atoms with Gasteiger partial charge >= 0.3 is 7.60 Å². The van der Waals surface area contributed by atoms with E-state index in [1.165, 1.54) is 0 Å². The lowest BCUT2D eigenvalue weighted by Crippen LogP contribution is -2.15. The molecule has 0 aliphatic rings. The quantitative estimate of drug-likeness (QED) is 0.292. The monoisotopic (exact) mass is 455 g/mol. The second-order valence-electron chi connectivity index (χ2n) is 7.64. The molecule has 5 aromatic rings. The van der Waals surface area contributed by atoms with Crippen LogP contribution in [0.2, 0.25) is 0 Å². The fourth-order valence-electron chi connectivity index (χ4n) is 3.51. The second-order valence-corrected chi connectivity index (χ2v) is 9.52. The highest BCUT2D eigenvalue weighted by Gasteiger charge is 2.31. The van der Waals surface area contributed by atoms with Crippen LogP contribution in [0, 0.1) is 6.92 Å². The molecule has 0 atom stereocenters. The Kier molecular flexibility index (Phi) is 5.68. The normalized spacial score (nSPS) is 11.4. The van der Waals surface area contributed by atoms with E-state index in [2.05, 4.69) is 9.97 Å². The van der Waals surface area contributed by atoms with E-state index >= 15 is 0 Å². The molecular formula is C26H22N3O3P. The van der Waals surface area contributed by atoms with E-state index < -0.39 is 7.60 Å². The molecule has 0 saturated carbocycles. The molecule has 2 heterocycles. The van der Waals surface area contributed by atoms with Crippen LogP contribution in [0.15, 0.2) is 103 Å². The third-order valence-corrected chi connectivity index (χ3v) is 7.00. The van der Waals surface area contributed by atoms with E-state index in [4.69, 9.17) is 9.05 Å². The minimum Gasteiger partial charge on any atom is -0.413 e. The summed E-state index contributed by atoms with van der Waals surface area (Å²) in [4.78, 5) is 8.86. The molecule has 6 nitrogen and oxygen atoms in total. The molecule has 7 heteroatoms. The zero-order valence-electron chi connectivity index (χ0n) is 18.0. The summed E-state index contributed by atoms with van der Waals surface area (Å²) in [5.41, 5.74) is 3.66. The highest BCUT2D eigenvalue weighted by molar-refractivity contribution is 7.63. The number of nitrogens with zero attached hydrogens (tertiary/aromatic N) is 3. The molecule has 5 rings (SSSR count). The van der Waals surface area contributed by atoms with Crippen molar-refractivity contribution in [3.8, 4) is 11.5 Å². The molecule has 3 aromatic carbocycles. The van der Waals surface area contributed by atoms with Gasteiger partial charge in [0.15, 0.2) is 5.65 Å². The molecular weight excluding hydrogens is 433 g/mol. The average Bonchev–Trinajstić information content (AvgIpc) is 3.22. The molecule has 0 fully saturated rings. The molecule has 164 valence electrons. The Hall–Kier alpha value is -3.89. The number of para-hydroxylation sites is 2. The van der Waals surface area contributed by atoms with Crippen molar-refractivity contribution in [1.29, 1.82) is 0 Å². The molecule has 0 radical (unpaired) electrons. The lowest BCUT2D eigenvalue weighted by molar-refractivity contribution is 0.399. The molecule has 0 aliphatic heterocycles. The van der Waals surface area contributed by atoms with Crippen molar-refractivity contribution >= 4 is 24.1 Å². The third-order valence-electron chi connectivity index (χ3n) is 5.17. The topological polar surface area (TPSA) is 66.2 Å². The van der Waals surface area contributed by atoms with Gasteiger partial charge in [0.25, 0.3) is 0 Å². The van der Waals surface area contributed by atoms with Gasteiger partial charge in [-0.25, -0.2) is 14.5 Å². The molecule has 0 unspecified atom stereocenters. The van der Waals surface area contributed by atoms with Crippen molar-refractivity contribution in [2.75, 3.05) is 0 Å². The van der Waals surface area contributed by atoms with Gasteiger partial charge in [-0.2, -0.15) is 0 Å². The molecule has 0 bridgehead atoms. The lowest BCUT2D eigenvalue weighted by atomic mass is 10.2. The third kappa shape index (κ3) is 4.66. The minimum absolute atomic E-state index is 0.478. The van der Waals surface area contributed by atoms with Gasteiger partial charge in [-0.15, -0.1) is 0 Å². The van der Waals surface area contributed by atoms with Gasteiger partial charge in [0.05, 0.1) is 17.1 Å². The zero-order valence-corrected chi connectivity index (χ0v) is 18.9. The molecule has 0 N–H and O–H groups in total. The fraction of sp³-hybridized carbons (Fsp3) is 0.0769. The highest BCUT2D eigenvalue weighted by atomic mass is 31.2. The summed E-state index contributed by atoms with van der Waals surface area (Å²) in [6.45, 7) is 2.56. The van der Waals surface area contributed by atoms with Crippen LogP contribution in [0.5, 0.6) is 11.5 Å². The SMILES string of the molecule is Cc1ccc2c(ncn2Cc2ccc(P(=O)(Oc3ccccc3)Oc3ccccc3)cc2)n1. The van der Waals surface area contributed by atoms with Gasteiger partial charge < -0.3 is 13.6 Å². The van der Waals surface area contributed by atoms with Crippen molar-refractivity contribution in [1.82, 2.24) is 14.5 Å². The number of fused-ring (bicyclic) bond motifs is 1. The first-order valence-electron chi connectivity index (χ1n) is 10.6. The van der Waals surface area contributed by atoms with Crippen LogP contribution in [0.4, 0.5) is 0 Å². The number of aryl methyl sites for hydroxylation is 1. The number of benzene rings is 3. The van der Waals surface area contributed by atoms with Crippen molar-refractivity contribution in [2.45, 2.75) is 13.5 Å². The predicted octanol–water partition coefficient (Wildman–Crippen LogP) is 5.76. The summed E-state index contributed by atoms with van der Waals surface area (Å²) in [5, 5.41) is 0.478. The average molecular weight is 455 g/mol. The number of rotatable bonds is 7. The van der Waals surface area contributed by atoms with Crippen LogP contribution in [0.1, 0.15) is 11.3 Å². The summed E-state index contributed by atoms with van der Waals surface area (Å²) >= 11 is 0. The first kappa shape index (κ1) is 21.0. The molecule has 0 aliphatic carbocycles. The van der Waals surface area contributed by atoms with E-state index in [1.807, 2.05) is 72.2 Å². The summed E-state index contributed by atoms with van der Waals surface area (Å²) < 4.78 is 27.8. The molecule has 33 heavy (non-hydrogen) atoms. The lowest BCUT2D eigenvalue weighted by Gasteiger charge is -2.20. The standard InChI is InChI=1S/C26H22N3O3P/c1-20-12-17-25-26(28-20)27-19-29(25)18-21-13-15-24(16-14-21)33(30,31-22-8-4-2-5-9-22)32-23-10-6-3-7-11-23/h2-17,19H,18H2,1H3. The Balaban J connectivity index is 1.43. The van der Waals surface area contributed by atoms with E-state index in [1.54, 1.807) is 42.7 Å². The van der Waals surface area contributed by atoms with Gasteiger partial charge in [0, 0.05) is 12.2 Å². The Morgan fingerprint density at radius 1 is 0.788 bits per heavy atom. The number of aromatic nitrogens is 3. The maximum atomic E-state index is 13.9. The van der Waals surface area contributed by atoms with E-state index in [-0.39, 0.29) is 0 Å². The number of imidazole rings is 1. The second kappa shape index (κ2) is 8.93. The van der Waals surface area contributed by atoms with Crippen LogP contribution >= 0.6 is 7.60 Å². The van der Waals surface area contributed by atoms with Crippen molar-refractivity contribution in [2.24, 2.45) is 0 Å². The maximum Gasteiger partial charge on any atom is 0.462 e. The zero-order chi connectivity index (χ0) is 22.7. The van der Waals surface area contributed by atoms with Crippen LogP contribution in [-0.4, -0.2) is 14.5 Å². The summed E-state index contributed by atoms with van der Waals surface area (Å²) in [6, 6.07) is 29.6. The summed E-state index contributed by atoms with van der Waals surface area (Å²) in [6.07, 6.45) is 1.78. The maximum absolute atomic E-state index is 13.9. The predicted molar refractivity (Wildman–Crippen MR) is 129 cm³/mol. The van der Waals surface area contributed by atoms with Crippen LogP contribution in [0.3, 0.4) is 0 Å². The van der Waals surface area contributed by atoms with Gasteiger partial charge in [0.1, 0.15) is 11.5 Å². The minimum atomic E-state index is -3.68. The van der Waals surface area contributed by atoms with Gasteiger partial charge in [0.2, 0.25) is 0 Å². The molecule has 0 spiro atoms. The van der Waals surface area contributed by atoms with Gasteiger partial charge in [-0.05, 0) is 61.0 Å². The molecule has 2 aromatic heterocycles. The largest absolute Gasteiger partial charge is 0.462 e. The first-order valence-corrected chi connectivity index (χ1v) is 12.1. The summed E-state index contributed by atoms with van der Waals surface area (Å²) in [5.74, 6) is 0.960. The van der Waals surface area contributed by atoms with E-state index in [0.717, 1.165) is 22.4 Å². The van der Waals surface area contributed by atoms with Crippen molar-refractivity contribution in [3.63, 3.8) is 0 Å². The van der Waals surface area contributed by atoms with Crippen LogP contribution in [0.25, 0.3) is 11.2 Å². The smallest absolute Gasteiger partial charge is 0.413 e. The molecule has 0 saturated heterocycles. The number of hydrogen-bond donors (Lipinski definition) is 0. The van der Waals surface area contributed by atoms with Gasteiger partial charge in [-0.3, -0.25) is 0 Å². The highest BCUT2D eigenvalue weighted by Crippen LogP contribution is 2.47. The van der Waals surface area contributed by atoms with Gasteiger partial charge in [-0.1, -0.05) is 48.5 Å². The van der Waals surface area contributed by atoms with Crippen molar-refractivity contribution in [3.05, 3.63) is 115 Å². The number of hydrogen-bond acceptors (Lipinski definition) is 5. The first-order chi connectivity index (χ1) is 16.1. The number of pyridine rings is 1. The van der Waals surface area contributed by atoms with Crippen molar-refractivity contribution < 1.29 is 13.6 Å². The Morgan fingerprint density at radius 3 is 2.00 bits per heavy atom.